The van der Waals surface area contributed by atoms with Crippen molar-refractivity contribution >= 4 is 66.4 Å². The van der Waals surface area contributed by atoms with E-state index in [1.807, 2.05) is 24.3 Å². The summed E-state index contributed by atoms with van der Waals surface area (Å²) in [5.41, 5.74) is 4.08. The highest BCUT2D eigenvalue weighted by molar-refractivity contribution is 9.12. The molecule has 2 heterocycles. The molecular formula is C14H10Br2ClNOS. The largest absolute Gasteiger partial charge is 0.315 e. The molecule has 0 fully saturated rings. The molecule has 104 valence electrons. The van der Waals surface area contributed by atoms with Crippen LogP contribution in [0.25, 0.3) is 0 Å². The summed E-state index contributed by atoms with van der Waals surface area (Å²) in [5.74, 6) is 0.128. The van der Waals surface area contributed by atoms with Crippen LogP contribution in [0.5, 0.6) is 0 Å². The molecular weight excluding hydrogens is 425 g/mol. The van der Waals surface area contributed by atoms with Gasteiger partial charge in [0.25, 0.3) is 0 Å². The number of fused-ring (bicyclic) bond motifs is 1. The zero-order valence-electron chi connectivity index (χ0n) is 10.5. The highest BCUT2D eigenvalue weighted by atomic mass is 79.9. The van der Waals surface area contributed by atoms with E-state index in [1.54, 1.807) is 23.3 Å². The van der Waals surface area contributed by atoms with Crippen molar-refractivity contribution in [3.63, 3.8) is 0 Å². The lowest BCUT2D eigenvalue weighted by Crippen LogP contribution is -2.20. The van der Waals surface area contributed by atoms with Crippen LogP contribution in [0.2, 0.25) is 0 Å². The quantitative estimate of drug-likeness (QED) is 0.600. The average Bonchev–Trinajstić information content (AvgIpc) is 2.89. The minimum absolute atomic E-state index is 0.128. The highest BCUT2D eigenvalue weighted by Crippen LogP contribution is 2.42. The summed E-state index contributed by atoms with van der Waals surface area (Å²) in [4.78, 5) is 13.4. The average molecular weight is 436 g/mol. The van der Waals surface area contributed by atoms with Crippen molar-refractivity contribution < 1.29 is 4.79 Å². The molecule has 20 heavy (non-hydrogen) atoms. The smallest absolute Gasteiger partial charge is 0.231 e. The van der Waals surface area contributed by atoms with Gasteiger partial charge in [-0.25, -0.2) is 0 Å². The first-order valence-corrected chi connectivity index (χ1v) is 8.79. The van der Waals surface area contributed by atoms with Gasteiger partial charge < -0.3 is 4.90 Å². The lowest BCUT2D eigenvalue weighted by Gasteiger charge is -2.13. The molecule has 6 heteroatoms. The fraction of sp³-hybridized carbons (Fsp3) is 0.214. The maximum atomic E-state index is 11.7. The number of carbonyl (C=O) groups is 1. The van der Waals surface area contributed by atoms with Crippen LogP contribution in [-0.4, -0.2) is 13.0 Å². The fourth-order valence-corrected chi connectivity index (χ4v) is 5.76. The van der Waals surface area contributed by atoms with Crippen LogP contribution in [0, 0.1) is 0 Å². The van der Waals surface area contributed by atoms with Gasteiger partial charge in [-0.15, -0.1) is 22.9 Å². The first kappa shape index (κ1) is 14.6. The van der Waals surface area contributed by atoms with Crippen LogP contribution in [0.15, 0.2) is 31.8 Å². The van der Waals surface area contributed by atoms with Gasteiger partial charge in [0.15, 0.2) is 0 Å². The third-order valence-corrected chi connectivity index (χ3v) is 6.30. The molecule has 0 N–H and O–H groups in total. The van der Waals surface area contributed by atoms with E-state index in [-0.39, 0.29) is 11.3 Å². The summed E-state index contributed by atoms with van der Waals surface area (Å²) < 4.78 is 2.07. The summed E-state index contributed by atoms with van der Waals surface area (Å²) in [6, 6.07) is 8.02. The summed E-state index contributed by atoms with van der Waals surface area (Å²) >= 11 is 15.2. The Hall–Kier alpha value is -0.360. The van der Waals surface area contributed by atoms with Crippen molar-refractivity contribution in [1.29, 1.82) is 0 Å². The number of alkyl halides is 1. The monoisotopic (exact) mass is 433 g/mol. The van der Waals surface area contributed by atoms with Crippen molar-refractivity contribution in [3.8, 4) is 0 Å². The second-order valence-electron chi connectivity index (χ2n) is 4.66. The molecule has 1 amide bonds. The van der Waals surface area contributed by atoms with Gasteiger partial charge in [-0.3, -0.25) is 4.79 Å². The zero-order chi connectivity index (χ0) is 14.4. The molecule has 3 rings (SSSR count). The Morgan fingerprint density at radius 1 is 1.35 bits per heavy atom. The van der Waals surface area contributed by atoms with Crippen LogP contribution in [0.1, 0.15) is 22.1 Å². The summed E-state index contributed by atoms with van der Waals surface area (Å²) in [6.07, 6.45) is 0.456. The number of carbonyl (C=O) groups excluding carboxylic acids is 1. The van der Waals surface area contributed by atoms with Crippen molar-refractivity contribution in [2.45, 2.75) is 11.8 Å². The Morgan fingerprint density at radius 2 is 2.10 bits per heavy atom. The van der Waals surface area contributed by atoms with E-state index in [2.05, 4.69) is 31.9 Å². The lowest BCUT2D eigenvalue weighted by molar-refractivity contribution is -0.117. The molecule has 1 aromatic carbocycles. The molecule has 0 saturated heterocycles. The van der Waals surface area contributed by atoms with Crippen LogP contribution < -0.4 is 4.90 Å². The van der Waals surface area contributed by atoms with Gasteiger partial charge in [0.05, 0.1) is 19.4 Å². The molecule has 0 aliphatic carbocycles. The number of nitrogens with zero attached hydrogens (tertiary/aromatic N) is 1. The lowest BCUT2D eigenvalue weighted by atomic mass is 10.0. The van der Waals surface area contributed by atoms with Gasteiger partial charge in [-0.2, -0.15) is 0 Å². The third-order valence-electron chi connectivity index (χ3n) is 3.43. The maximum Gasteiger partial charge on any atom is 0.231 e. The minimum atomic E-state index is -0.224. The van der Waals surface area contributed by atoms with Crippen molar-refractivity contribution in [1.82, 2.24) is 0 Å². The molecule has 0 spiro atoms. The molecule has 1 aliphatic rings. The molecule has 2 nitrogen and oxygen atoms in total. The number of benzene rings is 1. The molecule has 1 aromatic heterocycles. The first-order valence-electron chi connectivity index (χ1n) is 5.95. The van der Waals surface area contributed by atoms with E-state index in [0.29, 0.717) is 6.42 Å². The van der Waals surface area contributed by atoms with Crippen molar-refractivity contribution in [2.24, 2.45) is 0 Å². The Kier molecular flexibility index (Phi) is 3.97. The molecule has 2 aromatic rings. The van der Waals surface area contributed by atoms with Crippen LogP contribution >= 0.6 is 54.8 Å². The van der Waals surface area contributed by atoms with Gasteiger partial charge >= 0.3 is 0 Å². The fourth-order valence-electron chi connectivity index (χ4n) is 2.35. The van der Waals surface area contributed by atoms with Gasteiger partial charge in [-0.05, 0) is 55.1 Å². The minimum Gasteiger partial charge on any atom is -0.315 e. The van der Waals surface area contributed by atoms with Crippen LogP contribution in [-0.2, 0) is 11.2 Å². The van der Waals surface area contributed by atoms with Gasteiger partial charge in [0.1, 0.15) is 0 Å². The first-order chi connectivity index (χ1) is 9.47. The standard InChI is InChI=1S/C14H10Br2ClNOS/c1-18-10-3-2-7(4-8(10)5-12(18)19)13(17)9-6-11(15)20-14(9)16/h2-4,6,13H,5H2,1H3. The Morgan fingerprint density at radius 3 is 2.75 bits per heavy atom. The van der Waals surface area contributed by atoms with Crippen LogP contribution in [0.4, 0.5) is 5.69 Å². The molecule has 0 radical (unpaired) electrons. The molecule has 1 aliphatic heterocycles. The van der Waals surface area contributed by atoms with Gasteiger partial charge in [-0.1, -0.05) is 12.1 Å². The van der Waals surface area contributed by atoms with Crippen LogP contribution in [0.3, 0.4) is 0 Å². The Bertz CT molecular complexity index is 700. The van der Waals surface area contributed by atoms with Gasteiger partial charge in [0, 0.05) is 18.3 Å². The SMILES string of the molecule is CN1C(=O)Cc2cc(C(Cl)c3cc(Br)sc3Br)ccc21. The Labute approximate surface area is 143 Å². The second-order valence-corrected chi connectivity index (χ2v) is 8.85. The number of likely N-dealkylation sites (N-methyl/N-ethyl adjacent to an activating group) is 1. The summed E-state index contributed by atoms with van der Waals surface area (Å²) in [6.45, 7) is 0. The van der Waals surface area contributed by atoms with Crippen molar-refractivity contribution in [2.75, 3.05) is 11.9 Å². The summed E-state index contributed by atoms with van der Waals surface area (Å²) in [7, 11) is 1.80. The Balaban J connectivity index is 1.98. The molecule has 1 unspecified atom stereocenters. The zero-order valence-corrected chi connectivity index (χ0v) is 15.2. The normalized spacial score (nSPS) is 15.6. The third kappa shape index (κ3) is 2.45. The number of rotatable bonds is 2. The number of thiophene rings is 1. The van der Waals surface area contributed by atoms with E-state index < -0.39 is 0 Å². The number of anilines is 1. The van der Waals surface area contributed by atoms with Crippen molar-refractivity contribution in [3.05, 3.63) is 48.5 Å². The van der Waals surface area contributed by atoms with E-state index in [4.69, 9.17) is 11.6 Å². The number of hydrogen-bond acceptors (Lipinski definition) is 2. The topological polar surface area (TPSA) is 20.3 Å². The predicted octanol–water partition coefficient (Wildman–Crippen LogP) is 5.12. The molecule has 0 saturated carbocycles. The predicted molar refractivity (Wildman–Crippen MR) is 91.0 cm³/mol. The number of halogens is 3. The maximum absolute atomic E-state index is 11.7. The molecule has 1 atom stereocenters. The van der Waals surface area contributed by atoms with E-state index >= 15 is 0 Å². The molecule has 0 bridgehead atoms. The highest BCUT2D eigenvalue weighted by Gasteiger charge is 2.25. The second kappa shape index (κ2) is 5.44. The number of hydrogen-bond donors (Lipinski definition) is 0. The number of amides is 1. The van der Waals surface area contributed by atoms with E-state index in [1.165, 1.54) is 0 Å². The van der Waals surface area contributed by atoms with E-state index in [0.717, 1.165) is 30.0 Å². The summed E-state index contributed by atoms with van der Waals surface area (Å²) in [5, 5.41) is -0.224. The van der Waals surface area contributed by atoms with Gasteiger partial charge in [0.2, 0.25) is 5.91 Å². The van der Waals surface area contributed by atoms with E-state index in [9.17, 15) is 4.79 Å².